The number of nitrogens with zero attached hydrogens (tertiary/aromatic N) is 3. The van der Waals surface area contributed by atoms with Gasteiger partial charge in [-0.2, -0.15) is 4.31 Å². The van der Waals surface area contributed by atoms with E-state index < -0.39 is 10.0 Å². The summed E-state index contributed by atoms with van der Waals surface area (Å²) in [4.78, 5) is 5.94. The van der Waals surface area contributed by atoms with E-state index in [2.05, 4.69) is 4.57 Å². The molecule has 0 aliphatic carbocycles. The van der Waals surface area contributed by atoms with Gasteiger partial charge in [0.1, 0.15) is 0 Å². The van der Waals surface area contributed by atoms with Crippen LogP contribution in [0.2, 0.25) is 0 Å². The Bertz CT molecular complexity index is 1180. The number of aryl methyl sites for hydroxylation is 1. The van der Waals surface area contributed by atoms with Gasteiger partial charge in [0, 0.05) is 31.6 Å². The summed E-state index contributed by atoms with van der Waals surface area (Å²) in [7, 11) is -3.49. The van der Waals surface area contributed by atoms with Crippen molar-refractivity contribution in [3.05, 3.63) is 64.3 Å². The highest BCUT2D eigenvalue weighted by Crippen LogP contribution is 2.24. The van der Waals surface area contributed by atoms with Gasteiger partial charge < -0.3 is 9.67 Å². The Labute approximate surface area is 188 Å². The van der Waals surface area contributed by atoms with Gasteiger partial charge in [0.2, 0.25) is 10.0 Å². The van der Waals surface area contributed by atoms with E-state index in [0.717, 1.165) is 27.3 Å². The first-order valence-corrected chi connectivity index (χ1v) is 12.7. The van der Waals surface area contributed by atoms with E-state index in [0.29, 0.717) is 31.0 Å². The van der Waals surface area contributed by atoms with Gasteiger partial charge in [-0.25, -0.2) is 13.4 Å². The number of rotatable bonds is 9. The van der Waals surface area contributed by atoms with Crippen molar-refractivity contribution < 1.29 is 13.5 Å². The lowest BCUT2D eigenvalue weighted by molar-refractivity contribution is 0.279. The lowest BCUT2D eigenvalue weighted by Gasteiger charge is -2.18. The number of hydrogen-bond acceptors (Lipinski definition) is 5. The second kappa shape index (κ2) is 10.4. The van der Waals surface area contributed by atoms with Crippen molar-refractivity contribution in [3.63, 3.8) is 0 Å². The minimum absolute atomic E-state index is 0.0905. The van der Waals surface area contributed by atoms with Crippen molar-refractivity contribution in [2.45, 2.75) is 38.6 Å². The second-order valence-electron chi connectivity index (χ2n) is 7.20. The lowest BCUT2D eigenvalue weighted by atomic mass is 10.2. The van der Waals surface area contributed by atoms with E-state index in [4.69, 9.17) is 4.99 Å². The fourth-order valence-corrected chi connectivity index (χ4v) is 5.83. The first-order chi connectivity index (χ1) is 14.9. The van der Waals surface area contributed by atoms with Crippen molar-refractivity contribution in [3.8, 4) is 11.3 Å². The maximum Gasteiger partial charge on any atom is 0.243 e. The summed E-state index contributed by atoms with van der Waals surface area (Å²) in [6, 6.07) is 15.0. The average molecular weight is 460 g/mol. The van der Waals surface area contributed by atoms with E-state index >= 15 is 0 Å². The molecule has 6 nitrogen and oxygen atoms in total. The fraction of sp³-hybridized carbons (Fsp3) is 0.348. The van der Waals surface area contributed by atoms with Crippen LogP contribution in [0.3, 0.4) is 0 Å². The number of aromatic nitrogens is 1. The summed E-state index contributed by atoms with van der Waals surface area (Å²) in [5.41, 5.74) is 3.90. The molecular formula is C23H29N3O3S2. The van der Waals surface area contributed by atoms with Gasteiger partial charge in [-0.1, -0.05) is 38.1 Å². The van der Waals surface area contributed by atoms with Gasteiger partial charge >= 0.3 is 0 Å². The van der Waals surface area contributed by atoms with E-state index in [-0.39, 0.29) is 6.61 Å². The standard InChI is InChI=1S/C23H29N3O3S2/c1-4-25(5-2)31(28,29)21-12-10-19(11-13-21)22-17-30-23(26(22)14-7-15-27)24-20-9-6-8-18(3)16-20/h6,8-13,16-17,27H,4-5,7,14-15H2,1-3H3. The van der Waals surface area contributed by atoms with Crippen LogP contribution in [-0.4, -0.2) is 42.1 Å². The van der Waals surface area contributed by atoms with Crippen LogP contribution in [0.25, 0.3) is 11.3 Å². The first kappa shape index (κ1) is 23.4. The largest absolute Gasteiger partial charge is 0.396 e. The maximum absolute atomic E-state index is 12.8. The van der Waals surface area contributed by atoms with E-state index in [1.807, 2.05) is 62.5 Å². The van der Waals surface area contributed by atoms with Gasteiger partial charge in [-0.15, -0.1) is 11.3 Å². The number of aliphatic hydroxyl groups excluding tert-OH is 1. The minimum atomic E-state index is -3.49. The Kier molecular flexibility index (Phi) is 7.83. The monoisotopic (exact) mass is 459 g/mol. The normalized spacial score (nSPS) is 12.6. The molecule has 31 heavy (non-hydrogen) atoms. The van der Waals surface area contributed by atoms with Crippen LogP contribution >= 0.6 is 11.3 Å². The van der Waals surface area contributed by atoms with Crippen molar-refractivity contribution in [1.29, 1.82) is 0 Å². The molecule has 166 valence electrons. The average Bonchev–Trinajstić information content (AvgIpc) is 3.15. The van der Waals surface area contributed by atoms with Crippen LogP contribution in [0, 0.1) is 6.92 Å². The molecule has 0 spiro atoms. The van der Waals surface area contributed by atoms with Crippen LogP contribution in [-0.2, 0) is 16.6 Å². The van der Waals surface area contributed by atoms with Crippen molar-refractivity contribution in [1.82, 2.24) is 8.87 Å². The molecule has 3 aromatic rings. The van der Waals surface area contributed by atoms with Crippen molar-refractivity contribution in [2.75, 3.05) is 19.7 Å². The smallest absolute Gasteiger partial charge is 0.243 e. The molecule has 0 fully saturated rings. The molecule has 1 heterocycles. The zero-order valence-electron chi connectivity index (χ0n) is 18.2. The van der Waals surface area contributed by atoms with Crippen molar-refractivity contribution in [2.24, 2.45) is 4.99 Å². The zero-order chi connectivity index (χ0) is 22.4. The predicted octanol–water partition coefficient (Wildman–Crippen LogP) is 4.17. The molecule has 1 aromatic heterocycles. The minimum Gasteiger partial charge on any atom is -0.396 e. The third-order valence-electron chi connectivity index (χ3n) is 5.06. The fourth-order valence-electron chi connectivity index (χ4n) is 3.41. The molecule has 0 saturated heterocycles. The van der Waals surface area contributed by atoms with Crippen LogP contribution in [0.15, 0.2) is 63.8 Å². The second-order valence-corrected chi connectivity index (χ2v) is 9.97. The maximum atomic E-state index is 12.8. The Morgan fingerprint density at radius 2 is 1.81 bits per heavy atom. The van der Waals surface area contributed by atoms with E-state index in [1.54, 1.807) is 12.1 Å². The SMILES string of the molecule is CCN(CC)S(=O)(=O)c1ccc(-c2csc(=Nc3cccc(C)c3)n2CCCO)cc1. The molecule has 2 aromatic carbocycles. The van der Waals surface area contributed by atoms with Gasteiger partial charge in [0.05, 0.1) is 16.3 Å². The Balaban J connectivity index is 2.02. The number of aliphatic hydroxyl groups is 1. The summed E-state index contributed by atoms with van der Waals surface area (Å²) < 4.78 is 29.1. The molecule has 0 radical (unpaired) electrons. The molecule has 0 unspecified atom stereocenters. The summed E-state index contributed by atoms with van der Waals surface area (Å²) in [6.45, 7) is 7.31. The highest BCUT2D eigenvalue weighted by atomic mass is 32.2. The van der Waals surface area contributed by atoms with E-state index in [1.165, 1.54) is 15.6 Å². The Morgan fingerprint density at radius 3 is 2.42 bits per heavy atom. The third kappa shape index (κ3) is 5.33. The summed E-state index contributed by atoms with van der Waals surface area (Å²) in [5.74, 6) is 0. The quantitative estimate of drug-likeness (QED) is 0.522. The highest BCUT2D eigenvalue weighted by Gasteiger charge is 2.21. The summed E-state index contributed by atoms with van der Waals surface area (Å²) in [5, 5.41) is 11.4. The van der Waals surface area contributed by atoms with Gasteiger partial charge in [0.15, 0.2) is 4.80 Å². The number of thiazole rings is 1. The van der Waals surface area contributed by atoms with Crippen LogP contribution in [0.4, 0.5) is 5.69 Å². The molecular weight excluding hydrogens is 430 g/mol. The summed E-state index contributed by atoms with van der Waals surface area (Å²) in [6.07, 6.45) is 0.610. The third-order valence-corrected chi connectivity index (χ3v) is 7.98. The highest BCUT2D eigenvalue weighted by molar-refractivity contribution is 7.89. The van der Waals surface area contributed by atoms with Gasteiger partial charge in [0.25, 0.3) is 0 Å². The molecule has 0 aliphatic rings. The Morgan fingerprint density at radius 1 is 1.10 bits per heavy atom. The zero-order valence-corrected chi connectivity index (χ0v) is 19.8. The number of benzene rings is 2. The van der Waals surface area contributed by atoms with E-state index in [9.17, 15) is 13.5 Å². The van der Waals surface area contributed by atoms with Gasteiger partial charge in [-0.05, 0) is 48.7 Å². The number of hydrogen-bond donors (Lipinski definition) is 1. The molecule has 0 atom stereocenters. The van der Waals surface area contributed by atoms with Crippen molar-refractivity contribution >= 4 is 27.0 Å². The topological polar surface area (TPSA) is 74.9 Å². The number of sulfonamides is 1. The predicted molar refractivity (Wildman–Crippen MR) is 126 cm³/mol. The molecule has 1 N–H and O–H groups in total. The molecule has 0 amide bonds. The first-order valence-electron chi connectivity index (χ1n) is 10.4. The Hall–Kier alpha value is -2.26. The lowest BCUT2D eigenvalue weighted by Crippen LogP contribution is -2.30. The van der Waals surface area contributed by atoms with Gasteiger partial charge in [-0.3, -0.25) is 0 Å². The van der Waals surface area contributed by atoms with Crippen LogP contribution in [0.5, 0.6) is 0 Å². The van der Waals surface area contributed by atoms with Crippen LogP contribution in [0.1, 0.15) is 25.8 Å². The molecule has 0 aliphatic heterocycles. The summed E-state index contributed by atoms with van der Waals surface area (Å²) >= 11 is 1.53. The molecule has 0 saturated carbocycles. The molecule has 8 heteroatoms. The van der Waals surface area contributed by atoms with Crippen LogP contribution < -0.4 is 4.80 Å². The molecule has 3 rings (SSSR count). The molecule has 0 bridgehead atoms.